The standard InChI is InChI=1S/C11H14BrF3N2O2S.ClH/c12-9-4-3-8(11(13,14)15)7-10(9)20(18,19)17-6-2-1-5-16;/h3-4,7,17H,1-2,5-6,16H2;1H. The molecule has 0 aliphatic heterocycles. The minimum absolute atomic E-state index is 0. The van der Waals surface area contributed by atoms with E-state index in [0.717, 1.165) is 12.1 Å². The highest BCUT2D eigenvalue weighted by atomic mass is 79.9. The summed E-state index contributed by atoms with van der Waals surface area (Å²) < 4.78 is 64.0. The maximum atomic E-state index is 12.6. The van der Waals surface area contributed by atoms with Gasteiger partial charge >= 0.3 is 6.18 Å². The summed E-state index contributed by atoms with van der Waals surface area (Å²) in [6.45, 7) is 0.553. The van der Waals surface area contributed by atoms with Crippen molar-refractivity contribution < 1.29 is 21.6 Å². The number of sulfonamides is 1. The van der Waals surface area contributed by atoms with Gasteiger partial charge in [0, 0.05) is 11.0 Å². The van der Waals surface area contributed by atoms with Crippen molar-refractivity contribution in [2.45, 2.75) is 23.9 Å². The SMILES string of the molecule is Cl.NCCCCNS(=O)(=O)c1cc(C(F)(F)F)ccc1Br. The van der Waals surface area contributed by atoms with E-state index in [-0.39, 0.29) is 23.4 Å². The van der Waals surface area contributed by atoms with Crippen molar-refractivity contribution in [3.63, 3.8) is 0 Å². The Morgan fingerprint density at radius 3 is 2.38 bits per heavy atom. The van der Waals surface area contributed by atoms with Gasteiger partial charge in [-0.05, 0) is 53.5 Å². The number of halogens is 5. The summed E-state index contributed by atoms with van der Waals surface area (Å²) in [7, 11) is -3.99. The molecular weight excluding hydrogens is 397 g/mol. The van der Waals surface area contributed by atoms with Crippen LogP contribution in [0.3, 0.4) is 0 Å². The zero-order valence-electron chi connectivity index (χ0n) is 10.8. The first-order valence-corrected chi connectivity index (χ1v) is 8.02. The summed E-state index contributed by atoms with van der Waals surface area (Å²) >= 11 is 2.95. The van der Waals surface area contributed by atoms with Crippen molar-refractivity contribution in [2.24, 2.45) is 5.73 Å². The minimum atomic E-state index is -4.59. The minimum Gasteiger partial charge on any atom is -0.330 e. The van der Waals surface area contributed by atoms with Crippen LogP contribution >= 0.6 is 28.3 Å². The van der Waals surface area contributed by atoms with Crippen molar-refractivity contribution in [3.05, 3.63) is 28.2 Å². The predicted octanol–water partition coefficient (Wildman–Crippen LogP) is 2.91. The highest BCUT2D eigenvalue weighted by Gasteiger charge is 2.32. The third kappa shape index (κ3) is 6.11. The molecule has 0 bridgehead atoms. The molecule has 10 heteroatoms. The van der Waals surface area contributed by atoms with Crippen molar-refractivity contribution >= 4 is 38.4 Å². The number of rotatable bonds is 6. The average Bonchev–Trinajstić information content (AvgIpc) is 2.33. The second-order valence-electron chi connectivity index (χ2n) is 4.04. The monoisotopic (exact) mass is 410 g/mol. The summed E-state index contributed by atoms with van der Waals surface area (Å²) in [5.41, 5.74) is 4.26. The van der Waals surface area contributed by atoms with Gasteiger partial charge in [-0.1, -0.05) is 0 Å². The fourth-order valence-electron chi connectivity index (χ4n) is 1.44. The van der Waals surface area contributed by atoms with Crippen LogP contribution in [0, 0.1) is 0 Å². The van der Waals surface area contributed by atoms with Crippen molar-refractivity contribution in [3.8, 4) is 0 Å². The van der Waals surface area contributed by atoms with Gasteiger partial charge in [0.2, 0.25) is 10.0 Å². The quantitative estimate of drug-likeness (QED) is 0.707. The van der Waals surface area contributed by atoms with E-state index in [2.05, 4.69) is 20.7 Å². The first-order chi connectivity index (χ1) is 9.18. The van der Waals surface area contributed by atoms with Gasteiger partial charge in [0.05, 0.1) is 10.5 Å². The molecule has 0 radical (unpaired) electrons. The normalized spacial score (nSPS) is 12.0. The topological polar surface area (TPSA) is 72.2 Å². The van der Waals surface area contributed by atoms with Gasteiger partial charge in [0.25, 0.3) is 0 Å². The van der Waals surface area contributed by atoms with E-state index in [1.54, 1.807) is 0 Å². The molecule has 1 aromatic carbocycles. The molecule has 0 saturated carbocycles. The number of hydrogen-bond donors (Lipinski definition) is 2. The van der Waals surface area contributed by atoms with Gasteiger partial charge in [0.15, 0.2) is 0 Å². The molecule has 0 fully saturated rings. The molecule has 4 nitrogen and oxygen atoms in total. The number of nitrogens with two attached hydrogens (primary N) is 1. The van der Waals surface area contributed by atoms with Crippen molar-refractivity contribution in [1.29, 1.82) is 0 Å². The third-order valence-electron chi connectivity index (χ3n) is 2.47. The first-order valence-electron chi connectivity index (χ1n) is 5.75. The molecule has 0 atom stereocenters. The van der Waals surface area contributed by atoms with Crippen LogP contribution in [-0.2, 0) is 16.2 Å². The number of hydrogen-bond acceptors (Lipinski definition) is 3. The molecule has 3 N–H and O–H groups in total. The van der Waals surface area contributed by atoms with Crippen molar-refractivity contribution in [1.82, 2.24) is 4.72 Å². The van der Waals surface area contributed by atoms with Crippen LogP contribution in [0.2, 0.25) is 0 Å². The molecule has 122 valence electrons. The fourth-order valence-corrected chi connectivity index (χ4v) is 3.50. The van der Waals surface area contributed by atoms with E-state index in [9.17, 15) is 21.6 Å². The van der Waals surface area contributed by atoms with Crippen LogP contribution < -0.4 is 10.5 Å². The third-order valence-corrected chi connectivity index (χ3v) is 4.93. The Labute approximate surface area is 135 Å². The first kappa shape index (κ1) is 20.6. The summed E-state index contributed by atoms with van der Waals surface area (Å²) in [4.78, 5) is -0.430. The molecule has 0 spiro atoms. The van der Waals surface area contributed by atoms with Crippen LogP contribution in [0.15, 0.2) is 27.6 Å². The van der Waals surface area contributed by atoms with E-state index in [4.69, 9.17) is 5.73 Å². The molecule has 0 saturated heterocycles. The second kappa shape index (κ2) is 8.33. The lowest BCUT2D eigenvalue weighted by Crippen LogP contribution is -2.26. The molecular formula is C11H15BrClF3N2O2S. The number of alkyl halides is 3. The number of unbranched alkanes of at least 4 members (excludes halogenated alkanes) is 1. The van der Waals surface area contributed by atoms with Gasteiger partial charge in [-0.2, -0.15) is 13.2 Å². The zero-order chi connectivity index (χ0) is 15.4. The Balaban J connectivity index is 0.00000400. The van der Waals surface area contributed by atoms with Crippen LogP contribution in [0.4, 0.5) is 13.2 Å². The Morgan fingerprint density at radius 2 is 1.86 bits per heavy atom. The summed E-state index contributed by atoms with van der Waals surface area (Å²) in [6.07, 6.45) is -3.44. The second-order valence-corrected chi connectivity index (χ2v) is 6.63. The van der Waals surface area contributed by atoms with Gasteiger partial charge in [0.1, 0.15) is 0 Å². The lowest BCUT2D eigenvalue weighted by Gasteiger charge is -2.12. The molecule has 0 unspecified atom stereocenters. The Hall–Kier alpha value is -0.350. The van der Waals surface area contributed by atoms with Crippen LogP contribution in [0.25, 0.3) is 0 Å². The molecule has 0 heterocycles. The molecule has 0 aliphatic rings. The van der Waals surface area contributed by atoms with E-state index in [1.165, 1.54) is 0 Å². The van der Waals surface area contributed by atoms with Gasteiger partial charge in [-0.3, -0.25) is 0 Å². The Kier molecular flexibility index (Phi) is 8.19. The summed E-state index contributed by atoms with van der Waals surface area (Å²) in [5, 5.41) is 0. The van der Waals surface area contributed by atoms with Crippen molar-refractivity contribution in [2.75, 3.05) is 13.1 Å². The van der Waals surface area contributed by atoms with E-state index in [1.807, 2.05) is 0 Å². The van der Waals surface area contributed by atoms with Gasteiger partial charge in [-0.25, -0.2) is 13.1 Å². The zero-order valence-corrected chi connectivity index (χ0v) is 14.0. The molecule has 21 heavy (non-hydrogen) atoms. The largest absolute Gasteiger partial charge is 0.416 e. The fraction of sp³-hybridized carbons (Fsp3) is 0.455. The average molecular weight is 412 g/mol. The highest BCUT2D eigenvalue weighted by Crippen LogP contribution is 2.33. The lowest BCUT2D eigenvalue weighted by molar-refractivity contribution is -0.137. The molecule has 0 amide bonds. The maximum Gasteiger partial charge on any atom is 0.416 e. The highest BCUT2D eigenvalue weighted by molar-refractivity contribution is 9.10. The maximum absolute atomic E-state index is 12.6. The van der Waals surface area contributed by atoms with E-state index >= 15 is 0 Å². The Bertz CT molecular complexity index is 567. The summed E-state index contributed by atoms with van der Waals surface area (Å²) in [5.74, 6) is 0. The summed E-state index contributed by atoms with van der Waals surface area (Å²) in [6, 6.07) is 2.49. The van der Waals surface area contributed by atoms with Crippen LogP contribution in [0.5, 0.6) is 0 Å². The Morgan fingerprint density at radius 1 is 1.24 bits per heavy atom. The number of nitrogens with one attached hydrogen (secondary N) is 1. The van der Waals surface area contributed by atoms with Crippen LogP contribution in [0.1, 0.15) is 18.4 Å². The van der Waals surface area contributed by atoms with Crippen LogP contribution in [-0.4, -0.2) is 21.5 Å². The van der Waals surface area contributed by atoms with E-state index in [0.29, 0.717) is 25.5 Å². The molecule has 0 aromatic heterocycles. The van der Waals surface area contributed by atoms with E-state index < -0.39 is 26.7 Å². The molecule has 0 aliphatic carbocycles. The van der Waals surface area contributed by atoms with Gasteiger partial charge in [-0.15, -0.1) is 12.4 Å². The smallest absolute Gasteiger partial charge is 0.330 e. The van der Waals surface area contributed by atoms with Gasteiger partial charge < -0.3 is 5.73 Å². The number of benzene rings is 1. The predicted molar refractivity (Wildman–Crippen MR) is 79.9 cm³/mol. The molecule has 1 rings (SSSR count). The lowest BCUT2D eigenvalue weighted by atomic mass is 10.2. The molecule has 1 aromatic rings.